The van der Waals surface area contributed by atoms with E-state index in [4.69, 9.17) is 17.3 Å². The number of aryl methyl sites for hydroxylation is 1. The highest BCUT2D eigenvalue weighted by atomic mass is 35.5. The van der Waals surface area contributed by atoms with Crippen LogP contribution in [0.25, 0.3) is 0 Å². The number of nitrogens with one attached hydrogen (secondary N) is 1. The number of halogens is 2. The predicted molar refractivity (Wildman–Crippen MR) is 75.0 cm³/mol. The highest BCUT2D eigenvalue weighted by molar-refractivity contribution is 6.34. The third kappa shape index (κ3) is 2.85. The normalized spacial score (nSPS) is 10.3. The molecule has 3 nitrogen and oxygen atoms in total. The number of amides is 1. The predicted octanol–water partition coefficient (Wildman–Crippen LogP) is 3.62. The van der Waals surface area contributed by atoms with Gasteiger partial charge in [0.05, 0.1) is 16.3 Å². The van der Waals surface area contributed by atoms with Gasteiger partial charge in [0.2, 0.25) is 0 Å². The van der Waals surface area contributed by atoms with E-state index in [2.05, 4.69) is 5.32 Å². The Morgan fingerprint density at radius 2 is 2.05 bits per heavy atom. The molecule has 0 aliphatic heterocycles. The van der Waals surface area contributed by atoms with Gasteiger partial charge in [0, 0.05) is 5.69 Å². The Labute approximate surface area is 115 Å². The molecule has 3 N–H and O–H groups in total. The summed E-state index contributed by atoms with van der Waals surface area (Å²) in [5.74, 6) is -0.831. The summed E-state index contributed by atoms with van der Waals surface area (Å²) in [5, 5.41) is 2.76. The van der Waals surface area contributed by atoms with Crippen LogP contribution in [0.3, 0.4) is 0 Å². The van der Waals surface area contributed by atoms with Crippen molar-refractivity contribution >= 4 is 28.9 Å². The smallest absolute Gasteiger partial charge is 0.258 e. The molecule has 0 aromatic heterocycles. The molecule has 2 aromatic carbocycles. The molecule has 0 aliphatic carbocycles. The van der Waals surface area contributed by atoms with Crippen LogP contribution in [0.15, 0.2) is 36.4 Å². The molecule has 0 radical (unpaired) electrons. The molecule has 2 rings (SSSR count). The van der Waals surface area contributed by atoms with Crippen LogP contribution in [-0.4, -0.2) is 5.91 Å². The molecule has 98 valence electrons. The van der Waals surface area contributed by atoms with Gasteiger partial charge in [-0.3, -0.25) is 4.79 Å². The van der Waals surface area contributed by atoms with E-state index in [1.54, 1.807) is 25.1 Å². The summed E-state index contributed by atoms with van der Waals surface area (Å²) < 4.78 is 12.9. The Hall–Kier alpha value is -2.07. The first kappa shape index (κ1) is 13.4. The Bertz CT molecular complexity index is 623. The average Bonchev–Trinajstić information content (AvgIpc) is 2.32. The van der Waals surface area contributed by atoms with Crippen molar-refractivity contribution in [2.45, 2.75) is 6.92 Å². The van der Waals surface area contributed by atoms with Crippen LogP contribution < -0.4 is 11.1 Å². The number of rotatable bonds is 2. The van der Waals surface area contributed by atoms with Gasteiger partial charge in [-0.25, -0.2) is 4.39 Å². The summed E-state index contributed by atoms with van der Waals surface area (Å²) >= 11 is 5.85. The second-order valence-electron chi connectivity index (χ2n) is 4.12. The van der Waals surface area contributed by atoms with Crippen LogP contribution in [0.1, 0.15) is 15.9 Å². The van der Waals surface area contributed by atoms with E-state index in [0.29, 0.717) is 16.9 Å². The maximum atomic E-state index is 12.9. The van der Waals surface area contributed by atoms with Gasteiger partial charge in [-0.15, -0.1) is 0 Å². The maximum Gasteiger partial charge on any atom is 0.258 e. The first-order valence-electron chi connectivity index (χ1n) is 5.60. The summed E-state index contributed by atoms with van der Waals surface area (Å²) in [6, 6.07) is 8.98. The number of hydrogen-bond acceptors (Lipinski definition) is 2. The Kier molecular flexibility index (Phi) is 3.71. The maximum absolute atomic E-state index is 12.9. The van der Waals surface area contributed by atoms with E-state index < -0.39 is 5.82 Å². The first-order chi connectivity index (χ1) is 8.99. The molecule has 2 aromatic rings. The largest absolute Gasteiger partial charge is 0.398 e. The van der Waals surface area contributed by atoms with Gasteiger partial charge in [-0.1, -0.05) is 23.7 Å². The molecular weight excluding hydrogens is 267 g/mol. The lowest BCUT2D eigenvalue weighted by Crippen LogP contribution is -2.15. The summed E-state index contributed by atoms with van der Waals surface area (Å²) in [4.78, 5) is 12.1. The molecule has 0 bridgehead atoms. The van der Waals surface area contributed by atoms with Gasteiger partial charge < -0.3 is 11.1 Å². The van der Waals surface area contributed by atoms with Gasteiger partial charge in [0.15, 0.2) is 0 Å². The molecule has 19 heavy (non-hydrogen) atoms. The zero-order chi connectivity index (χ0) is 14.0. The first-order valence-corrected chi connectivity index (χ1v) is 5.98. The van der Waals surface area contributed by atoms with Crippen molar-refractivity contribution < 1.29 is 9.18 Å². The van der Waals surface area contributed by atoms with Gasteiger partial charge >= 0.3 is 0 Å². The number of anilines is 2. The SMILES string of the molecule is Cc1cccc(N)c1C(=O)Nc1ccc(F)cc1Cl. The quantitative estimate of drug-likeness (QED) is 0.824. The van der Waals surface area contributed by atoms with Gasteiger partial charge in [-0.2, -0.15) is 0 Å². The molecule has 1 amide bonds. The number of nitrogens with two attached hydrogens (primary N) is 1. The van der Waals surface area contributed by atoms with Crippen LogP contribution in [0.2, 0.25) is 5.02 Å². The Morgan fingerprint density at radius 3 is 2.68 bits per heavy atom. The monoisotopic (exact) mass is 278 g/mol. The Balaban J connectivity index is 2.31. The second-order valence-corrected chi connectivity index (χ2v) is 4.52. The van der Waals surface area contributed by atoms with Crippen molar-refractivity contribution in [3.8, 4) is 0 Å². The highest BCUT2D eigenvalue weighted by Crippen LogP contribution is 2.24. The van der Waals surface area contributed by atoms with Crippen molar-refractivity contribution in [2.24, 2.45) is 0 Å². The lowest BCUT2D eigenvalue weighted by Gasteiger charge is -2.11. The fourth-order valence-corrected chi connectivity index (χ4v) is 1.99. The molecular formula is C14H12ClFN2O. The number of carbonyl (C=O) groups is 1. The molecule has 5 heteroatoms. The molecule has 0 saturated heterocycles. The van der Waals surface area contributed by atoms with Crippen molar-refractivity contribution in [1.82, 2.24) is 0 Å². The summed E-state index contributed by atoms with van der Waals surface area (Å²) in [6.45, 7) is 1.79. The molecule has 0 atom stereocenters. The summed E-state index contributed by atoms with van der Waals surface area (Å²) in [7, 11) is 0. The van der Waals surface area contributed by atoms with Crippen molar-refractivity contribution in [3.05, 3.63) is 58.4 Å². The molecule has 0 aliphatic rings. The standard InChI is InChI=1S/C14H12ClFN2O/c1-8-3-2-4-11(17)13(8)14(19)18-12-6-5-9(16)7-10(12)15/h2-7H,17H2,1H3,(H,18,19). The van der Waals surface area contributed by atoms with Crippen LogP contribution in [0, 0.1) is 12.7 Å². The summed E-state index contributed by atoms with van der Waals surface area (Å²) in [6.07, 6.45) is 0. The average molecular weight is 279 g/mol. The van der Waals surface area contributed by atoms with Gasteiger partial charge in [0.1, 0.15) is 5.82 Å². The van der Waals surface area contributed by atoms with E-state index in [1.165, 1.54) is 12.1 Å². The van der Waals surface area contributed by atoms with E-state index in [9.17, 15) is 9.18 Å². The van der Waals surface area contributed by atoms with E-state index in [1.807, 2.05) is 0 Å². The number of carbonyl (C=O) groups excluding carboxylic acids is 1. The molecule has 0 saturated carbocycles. The van der Waals surface area contributed by atoms with Gasteiger partial charge in [-0.05, 0) is 36.8 Å². The lowest BCUT2D eigenvalue weighted by atomic mass is 10.1. The number of hydrogen-bond donors (Lipinski definition) is 2. The van der Waals surface area contributed by atoms with Crippen LogP contribution in [0.4, 0.5) is 15.8 Å². The van der Waals surface area contributed by atoms with Crippen molar-refractivity contribution in [1.29, 1.82) is 0 Å². The zero-order valence-corrected chi connectivity index (χ0v) is 11.0. The van der Waals surface area contributed by atoms with Crippen LogP contribution in [0.5, 0.6) is 0 Å². The minimum Gasteiger partial charge on any atom is -0.398 e. The molecule has 0 unspecified atom stereocenters. The third-order valence-corrected chi connectivity index (χ3v) is 3.02. The zero-order valence-electron chi connectivity index (χ0n) is 10.2. The van der Waals surface area contributed by atoms with Crippen molar-refractivity contribution in [2.75, 3.05) is 11.1 Å². The number of nitrogen functional groups attached to an aromatic ring is 1. The van der Waals surface area contributed by atoms with E-state index in [0.717, 1.165) is 11.6 Å². The minimum atomic E-state index is -0.460. The lowest BCUT2D eigenvalue weighted by molar-refractivity contribution is 0.102. The van der Waals surface area contributed by atoms with Crippen LogP contribution >= 0.6 is 11.6 Å². The minimum absolute atomic E-state index is 0.139. The molecule has 0 heterocycles. The van der Waals surface area contributed by atoms with E-state index in [-0.39, 0.29) is 10.9 Å². The number of benzene rings is 2. The van der Waals surface area contributed by atoms with E-state index >= 15 is 0 Å². The van der Waals surface area contributed by atoms with Gasteiger partial charge in [0.25, 0.3) is 5.91 Å². The third-order valence-electron chi connectivity index (χ3n) is 2.71. The van der Waals surface area contributed by atoms with Crippen LogP contribution in [-0.2, 0) is 0 Å². The summed E-state index contributed by atoms with van der Waals surface area (Å²) in [5.41, 5.74) is 7.66. The topological polar surface area (TPSA) is 55.1 Å². The fourth-order valence-electron chi connectivity index (χ4n) is 1.78. The highest BCUT2D eigenvalue weighted by Gasteiger charge is 2.14. The van der Waals surface area contributed by atoms with Crippen molar-refractivity contribution in [3.63, 3.8) is 0 Å². The molecule has 0 spiro atoms. The Morgan fingerprint density at radius 1 is 1.32 bits per heavy atom. The fraction of sp³-hybridized carbons (Fsp3) is 0.0714. The molecule has 0 fully saturated rings. The second kappa shape index (κ2) is 5.28.